The smallest absolute Gasteiger partial charge is 0.193 e. The van der Waals surface area contributed by atoms with Gasteiger partial charge in [0.15, 0.2) is 20.0 Å². The molecule has 30 heavy (non-hydrogen) atoms. The summed E-state index contributed by atoms with van der Waals surface area (Å²) in [5, 5.41) is 0. The van der Waals surface area contributed by atoms with Crippen LogP contribution in [0.3, 0.4) is 0 Å². The minimum absolute atomic E-state index is 0.191. The molecule has 3 rings (SSSR count). The molecule has 0 heterocycles. The molecule has 2 aromatic rings. The van der Waals surface area contributed by atoms with Gasteiger partial charge in [-0.05, 0) is 62.8 Å². The van der Waals surface area contributed by atoms with Crippen molar-refractivity contribution in [2.75, 3.05) is 27.3 Å². The van der Waals surface area contributed by atoms with Crippen molar-refractivity contribution in [3.8, 4) is 0 Å². The van der Waals surface area contributed by atoms with E-state index < -0.39 is 20.0 Å². The summed E-state index contributed by atoms with van der Waals surface area (Å²) in [5.41, 5.74) is 2.18. The van der Waals surface area contributed by atoms with Crippen LogP contribution in [0.4, 0.5) is 0 Å². The van der Waals surface area contributed by atoms with Gasteiger partial charge in [-0.3, -0.25) is 8.37 Å². The highest BCUT2D eigenvalue weighted by molar-refractivity contribution is 7.89. The van der Waals surface area contributed by atoms with Crippen LogP contribution in [0.15, 0.2) is 67.0 Å². The van der Waals surface area contributed by atoms with Crippen molar-refractivity contribution in [2.24, 2.45) is 20.6 Å². The van der Waals surface area contributed by atoms with Gasteiger partial charge in [0.05, 0.1) is 23.0 Å². The Bertz CT molecular complexity index is 1010. The average molecular weight is 451 g/mol. The van der Waals surface area contributed by atoms with E-state index in [0.717, 1.165) is 24.0 Å². The first-order valence-electron chi connectivity index (χ1n) is 10.0. The van der Waals surface area contributed by atoms with Crippen molar-refractivity contribution in [1.29, 1.82) is 0 Å². The molecule has 2 aromatic carbocycles. The summed E-state index contributed by atoms with van der Waals surface area (Å²) in [4.78, 5) is 1.16. The average Bonchev–Trinajstić information content (AvgIpc) is 2.73. The van der Waals surface area contributed by atoms with Crippen molar-refractivity contribution in [1.82, 2.24) is 0 Å². The van der Waals surface area contributed by atoms with Crippen molar-refractivity contribution in [3.05, 3.63) is 59.7 Å². The minimum atomic E-state index is -2.90. The third-order valence-corrected chi connectivity index (χ3v) is 9.19. The normalized spacial score (nSPS) is 22.4. The van der Waals surface area contributed by atoms with Crippen LogP contribution in [0.1, 0.15) is 24.0 Å². The number of hydrogen-bond donors (Lipinski definition) is 0. The zero-order valence-corrected chi connectivity index (χ0v) is 19.6. The third-order valence-electron chi connectivity index (χ3n) is 5.58. The summed E-state index contributed by atoms with van der Waals surface area (Å²) in [6, 6.07) is 14.8. The van der Waals surface area contributed by atoms with Gasteiger partial charge in [0.1, 0.15) is 0 Å². The molecule has 0 N–H and O–H groups in total. The highest BCUT2D eigenvalue weighted by Gasteiger charge is 2.33. The standard InChI is InChI=1S/C22H30N2O4S2/c1-17-5-11-21(12-6-17)29(25,23-3)27-15-19-9-10-20(19)16-28-30(26,24-4)22-13-7-18(2)8-14-22/h5-8,11-14,19-20H,9-10,15-16H2,1-4H3. The van der Waals surface area contributed by atoms with Crippen LogP contribution < -0.4 is 0 Å². The molecular formula is C22H30N2O4S2. The van der Waals surface area contributed by atoms with Gasteiger partial charge < -0.3 is 0 Å². The van der Waals surface area contributed by atoms with E-state index in [1.54, 1.807) is 24.3 Å². The fourth-order valence-corrected chi connectivity index (χ4v) is 5.89. The molecule has 0 aromatic heterocycles. The molecule has 0 aliphatic heterocycles. The minimum Gasteiger partial charge on any atom is -0.281 e. The summed E-state index contributed by atoms with van der Waals surface area (Å²) in [5.74, 6) is 0.382. The summed E-state index contributed by atoms with van der Waals surface area (Å²) < 4.78 is 45.9. The predicted octanol–water partition coefficient (Wildman–Crippen LogP) is 4.81. The van der Waals surface area contributed by atoms with E-state index in [4.69, 9.17) is 8.37 Å². The molecule has 0 amide bonds. The van der Waals surface area contributed by atoms with Crippen LogP contribution in [0.5, 0.6) is 0 Å². The molecule has 6 nitrogen and oxygen atoms in total. The molecule has 0 bridgehead atoms. The summed E-state index contributed by atoms with van der Waals surface area (Å²) in [6.07, 6.45) is 1.91. The van der Waals surface area contributed by atoms with Crippen molar-refractivity contribution in [3.63, 3.8) is 0 Å². The highest BCUT2D eigenvalue weighted by Crippen LogP contribution is 2.36. The van der Waals surface area contributed by atoms with Gasteiger partial charge in [0.25, 0.3) is 0 Å². The Balaban J connectivity index is 1.61. The quantitative estimate of drug-likeness (QED) is 0.578. The van der Waals surface area contributed by atoms with E-state index in [1.165, 1.54) is 14.1 Å². The van der Waals surface area contributed by atoms with Gasteiger partial charge in [-0.15, -0.1) is 0 Å². The zero-order chi connectivity index (χ0) is 21.8. The van der Waals surface area contributed by atoms with Gasteiger partial charge in [0.2, 0.25) is 0 Å². The molecular weight excluding hydrogens is 420 g/mol. The molecule has 1 aliphatic carbocycles. The Morgan fingerprint density at radius 1 is 0.733 bits per heavy atom. The Morgan fingerprint density at radius 3 is 1.33 bits per heavy atom. The largest absolute Gasteiger partial charge is 0.281 e. The second-order valence-corrected chi connectivity index (χ2v) is 11.7. The van der Waals surface area contributed by atoms with Crippen LogP contribution in [0, 0.1) is 25.7 Å². The number of aryl methyl sites for hydroxylation is 2. The van der Waals surface area contributed by atoms with Crippen LogP contribution in [0.2, 0.25) is 0 Å². The summed E-state index contributed by atoms with van der Waals surface area (Å²) in [6.45, 7) is 4.61. The van der Waals surface area contributed by atoms with E-state index in [0.29, 0.717) is 23.0 Å². The molecule has 0 radical (unpaired) electrons. The molecule has 1 saturated carbocycles. The van der Waals surface area contributed by atoms with E-state index in [2.05, 4.69) is 8.73 Å². The van der Waals surface area contributed by atoms with Gasteiger partial charge in [-0.1, -0.05) is 35.4 Å². The fourth-order valence-electron chi connectivity index (χ4n) is 3.31. The first-order chi connectivity index (χ1) is 14.3. The Hall–Kier alpha value is -1.74. The van der Waals surface area contributed by atoms with Gasteiger partial charge in [0, 0.05) is 14.1 Å². The summed E-state index contributed by atoms with van der Waals surface area (Å²) in [7, 11) is -2.77. The molecule has 1 fully saturated rings. The van der Waals surface area contributed by atoms with Gasteiger partial charge in [-0.2, -0.15) is 0 Å². The fraction of sp³-hybridized carbons (Fsp3) is 0.455. The van der Waals surface area contributed by atoms with Crippen molar-refractivity contribution >= 4 is 20.0 Å². The highest BCUT2D eigenvalue weighted by atomic mass is 32.2. The van der Waals surface area contributed by atoms with Crippen LogP contribution >= 0.6 is 0 Å². The van der Waals surface area contributed by atoms with Crippen molar-refractivity contribution < 1.29 is 16.8 Å². The summed E-state index contributed by atoms with van der Waals surface area (Å²) >= 11 is 0. The molecule has 4 atom stereocenters. The number of nitrogens with zero attached hydrogens (tertiary/aromatic N) is 2. The number of benzene rings is 2. The molecule has 0 saturated heterocycles. The first-order valence-corrected chi connectivity index (χ1v) is 12.9. The molecule has 4 unspecified atom stereocenters. The maximum Gasteiger partial charge on any atom is 0.193 e. The monoisotopic (exact) mass is 450 g/mol. The second-order valence-electron chi connectivity index (χ2n) is 7.61. The SMILES string of the molecule is CN=S(=O)(OCC1CCC1COS(=O)(=NC)c1ccc(C)cc1)c1ccc(C)cc1. The molecule has 0 spiro atoms. The molecule has 8 heteroatoms. The topological polar surface area (TPSA) is 77.3 Å². The lowest BCUT2D eigenvalue weighted by molar-refractivity contribution is 0.0704. The second kappa shape index (κ2) is 9.60. The first kappa shape index (κ1) is 22.9. The van der Waals surface area contributed by atoms with E-state index in [-0.39, 0.29) is 11.8 Å². The maximum absolute atomic E-state index is 13.1. The number of rotatable bonds is 8. The lowest BCUT2D eigenvalue weighted by atomic mass is 9.75. The van der Waals surface area contributed by atoms with Crippen LogP contribution in [0.25, 0.3) is 0 Å². The zero-order valence-electron chi connectivity index (χ0n) is 17.9. The number of hydrogen-bond acceptors (Lipinski definition) is 6. The van der Waals surface area contributed by atoms with E-state index >= 15 is 0 Å². The van der Waals surface area contributed by atoms with Crippen LogP contribution in [-0.2, 0) is 28.4 Å². The maximum atomic E-state index is 13.1. The van der Waals surface area contributed by atoms with Gasteiger partial charge >= 0.3 is 0 Å². The Labute approximate surface area is 180 Å². The van der Waals surface area contributed by atoms with Gasteiger partial charge in [-0.25, -0.2) is 17.1 Å². The molecule has 1 aliphatic rings. The van der Waals surface area contributed by atoms with Crippen LogP contribution in [-0.4, -0.2) is 35.7 Å². The lowest BCUT2D eigenvalue weighted by Crippen LogP contribution is -2.34. The van der Waals surface area contributed by atoms with E-state index in [1.807, 2.05) is 38.1 Å². The Morgan fingerprint density at radius 2 is 1.07 bits per heavy atom. The third kappa shape index (κ3) is 5.11. The Kier molecular flexibility index (Phi) is 7.34. The van der Waals surface area contributed by atoms with E-state index in [9.17, 15) is 8.42 Å². The predicted molar refractivity (Wildman–Crippen MR) is 120 cm³/mol. The van der Waals surface area contributed by atoms with Crippen molar-refractivity contribution in [2.45, 2.75) is 36.5 Å². The molecule has 164 valence electrons. The lowest BCUT2D eigenvalue weighted by Gasteiger charge is -2.36.